The Bertz CT molecular complexity index is 134. The normalized spacial score (nSPS) is 15.3. The predicted molar refractivity (Wildman–Crippen MR) is 48.8 cm³/mol. The number of aliphatic hydroxyl groups is 1. The fourth-order valence-electron chi connectivity index (χ4n) is 0.987. The van der Waals surface area contributed by atoms with Gasteiger partial charge in [0.25, 0.3) is 0 Å². The van der Waals surface area contributed by atoms with Gasteiger partial charge in [-0.2, -0.15) is 0 Å². The number of hydrogen-bond donors (Lipinski definition) is 2. The summed E-state index contributed by atoms with van der Waals surface area (Å²) in [5.41, 5.74) is 0. The van der Waals surface area contributed by atoms with Crippen molar-refractivity contribution in [3.63, 3.8) is 0 Å². The number of amides is 1. The molecule has 0 aliphatic rings. The van der Waals surface area contributed by atoms with E-state index in [0.29, 0.717) is 6.54 Å². The van der Waals surface area contributed by atoms with Gasteiger partial charge in [-0.3, -0.25) is 4.79 Å². The number of aliphatic hydroxyl groups excluding tert-OH is 1. The quantitative estimate of drug-likeness (QED) is 0.649. The summed E-state index contributed by atoms with van der Waals surface area (Å²) in [5, 5.41) is 11.6. The van der Waals surface area contributed by atoms with Gasteiger partial charge in [0, 0.05) is 12.5 Å². The monoisotopic (exact) mass is 173 g/mol. The molecule has 0 radical (unpaired) electrons. The summed E-state index contributed by atoms with van der Waals surface area (Å²) in [7, 11) is 0. The average molecular weight is 173 g/mol. The van der Waals surface area contributed by atoms with Crippen molar-refractivity contribution in [1.82, 2.24) is 5.32 Å². The first kappa shape index (κ1) is 11.4. The molecule has 2 atom stereocenters. The van der Waals surface area contributed by atoms with Crippen molar-refractivity contribution in [1.29, 1.82) is 0 Å². The van der Waals surface area contributed by atoms with Crippen LogP contribution < -0.4 is 5.32 Å². The predicted octanol–water partition coefficient (Wildman–Crippen LogP) is 0.920. The topological polar surface area (TPSA) is 49.3 Å². The summed E-state index contributed by atoms with van der Waals surface area (Å²) in [4.78, 5) is 11.2. The van der Waals surface area contributed by atoms with Gasteiger partial charge in [0.1, 0.15) is 0 Å². The van der Waals surface area contributed by atoms with Crippen LogP contribution in [0.4, 0.5) is 0 Å². The maximum absolute atomic E-state index is 11.2. The van der Waals surface area contributed by atoms with Crippen LogP contribution >= 0.6 is 0 Å². The highest BCUT2D eigenvalue weighted by molar-refractivity contribution is 5.78. The fraction of sp³-hybridized carbons (Fsp3) is 0.889. The van der Waals surface area contributed by atoms with Gasteiger partial charge in [-0.25, -0.2) is 0 Å². The van der Waals surface area contributed by atoms with Crippen LogP contribution in [0.2, 0.25) is 0 Å². The fourth-order valence-corrected chi connectivity index (χ4v) is 0.987. The molecule has 0 bridgehead atoms. The Morgan fingerprint density at radius 3 is 2.50 bits per heavy atom. The third kappa shape index (κ3) is 5.13. The zero-order valence-corrected chi connectivity index (χ0v) is 8.13. The lowest BCUT2D eigenvalue weighted by Gasteiger charge is -2.11. The number of nitrogens with one attached hydrogen (secondary N) is 1. The van der Waals surface area contributed by atoms with Crippen LogP contribution in [0.25, 0.3) is 0 Å². The van der Waals surface area contributed by atoms with Crippen LogP contribution in [-0.2, 0) is 4.79 Å². The average Bonchev–Trinajstić information content (AvgIpc) is 2.00. The van der Waals surface area contributed by atoms with Crippen molar-refractivity contribution in [2.75, 3.05) is 6.54 Å². The summed E-state index contributed by atoms with van der Waals surface area (Å²) in [6.07, 6.45) is 1.47. The first-order chi connectivity index (χ1) is 5.57. The van der Waals surface area contributed by atoms with Gasteiger partial charge in [-0.05, 0) is 13.3 Å². The molecule has 72 valence electrons. The third-order valence-corrected chi connectivity index (χ3v) is 1.74. The van der Waals surface area contributed by atoms with E-state index in [2.05, 4.69) is 12.2 Å². The van der Waals surface area contributed by atoms with Crippen LogP contribution in [0, 0.1) is 5.92 Å². The van der Waals surface area contributed by atoms with Crippen LogP contribution in [0.3, 0.4) is 0 Å². The molecule has 0 fully saturated rings. The van der Waals surface area contributed by atoms with Gasteiger partial charge in [-0.15, -0.1) is 0 Å². The molecule has 2 N–H and O–H groups in total. The lowest BCUT2D eigenvalue weighted by Crippen LogP contribution is -2.34. The Balaban J connectivity index is 3.57. The first-order valence-corrected chi connectivity index (χ1v) is 4.53. The van der Waals surface area contributed by atoms with Crippen molar-refractivity contribution in [3.05, 3.63) is 0 Å². The molecule has 0 saturated carbocycles. The molecule has 0 spiro atoms. The van der Waals surface area contributed by atoms with Gasteiger partial charge in [-0.1, -0.05) is 20.3 Å². The van der Waals surface area contributed by atoms with E-state index in [1.807, 2.05) is 6.92 Å². The third-order valence-electron chi connectivity index (χ3n) is 1.74. The minimum atomic E-state index is -0.456. The van der Waals surface area contributed by atoms with Gasteiger partial charge in [0.05, 0.1) is 6.10 Å². The maximum Gasteiger partial charge on any atom is 0.222 e. The molecule has 0 aromatic heterocycles. The number of carbonyl (C=O) groups excluding carboxylic acids is 1. The Hall–Kier alpha value is -0.570. The highest BCUT2D eigenvalue weighted by atomic mass is 16.3. The highest BCUT2D eigenvalue weighted by Gasteiger charge is 2.11. The van der Waals surface area contributed by atoms with Crippen molar-refractivity contribution in [2.24, 2.45) is 5.92 Å². The molecule has 3 heteroatoms. The summed E-state index contributed by atoms with van der Waals surface area (Å²) in [5.74, 6) is 0.103. The van der Waals surface area contributed by atoms with Gasteiger partial charge in [0.15, 0.2) is 0 Å². The summed E-state index contributed by atoms with van der Waals surface area (Å²) >= 11 is 0. The van der Waals surface area contributed by atoms with E-state index in [4.69, 9.17) is 5.11 Å². The standard InChI is InChI=1S/C9H19NO2/c1-4-5-7(2)9(12)10-6-8(3)11/h7-8,11H,4-6H2,1-3H3,(H,10,12)/t7?,8-/m1/s1. The Morgan fingerprint density at radius 2 is 2.08 bits per heavy atom. The second-order valence-corrected chi connectivity index (χ2v) is 3.28. The molecular weight excluding hydrogens is 154 g/mol. The van der Waals surface area contributed by atoms with E-state index in [1.165, 1.54) is 0 Å². The largest absolute Gasteiger partial charge is 0.392 e. The highest BCUT2D eigenvalue weighted by Crippen LogP contribution is 2.03. The minimum Gasteiger partial charge on any atom is -0.392 e. The lowest BCUT2D eigenvalue weighted by molar-refractivity contribution is -0.125. The molecule has 0 saturated heterocycles. The molecule has 0 aliphatic heterocycles. The van der Waals surface area contributed by atoms with Gasteiger partial charge in [0.2, 0.25) is 5.91 Å². The number of hydrogen-bond acceptors (Lipinski definition) is 2. The molecule has 0 rings (SSSR count). The van der Waals surface area contributed by atoms with E-state index in [-0.39, 0.29) is 11.8 Å². The Labute approximate surface area is 74.2 Å². The van der Waals surface area contributed by atoms with Crippen LogP contribution in [0.5, 0.6) is 0 Å². The van der Waals surface area contributed by atoms with Crippen molar-refractivity contribution < 1.29 is 9.90 Å². The van der Waals surface area contributed by atoms with Gasteiger partial charge >= 0.3 is 0 Å². The second-order valence-electron chi connectivity index (χ2n) is 3.28. The van der Waals surface area contributed by atoms with Crippen molar-refractivity contribution >= 4 is 5.91 Å². The van der Waals surface area contributed by atoms with Crippen molar-refractivity contribution in [3.8, 4) is 0 Å². The van der Waals surface area contributed by atoms with E-state index >= 15 is 0 Å². The molecule has 1 unspecified atom stereocenters. The summed E-state index contributed by atoms with van der Waals surface area (Å²) in [6.45, 7) is 5.97. The smallest absolute Gasteiger partial charge is 0.222 e. The second kappa shape index (κ2) is 6.00. The molecule has 0 aromatic carbocycles. The van der Waals surface area contributed by atoms with Crippen molar-refractivity contribution in [2.45, 2.75) is 39.7 Å². The molecule has 0 aromatic rings. The van der Waals surface area contributed by atoms with Crippen LogP contribution in [0.15, 0.2) is 0 Å². The summed E-state index contributed by atoms with van der Waals surface area (Å²) in [6, 6.07) is 0. The molecule has 12 heavy (non-hydrogen) atoms. The minimum absolute atomic E-state index is 0.0396. The Kier molecular flexibility index (Phi) is 5.72. The number of rotatable bonds is 5. The molecular formula is C9H19NO2. The van der Waals surface area contributed by atoms with Crippen LogP contribution in [0.1, 0.15) is 33.6 Å². The zero-order valence-electron chi connectivity index (χ0n) is 8.13. The van der Waals surface area contributed by atoms with Gasteiger partial charge < -0.3 is 10.4 Å². The van der Waals surface area contributed by atoms with E-state index in [0.717, 1.165) is 12.8 Å². The SMILES string of the molecule is CCCC(C)C(=O)NC[C@@H](C)O. The van der Waals surface area contributed by atoms with Crippen LogP contribution in [-0.4, -0.2) is 23.7 Å². The first-order valence-electron chi connectivity index (χ1n) is 4.53. The lowest BCUT2D eigenvalue weighted by atomic mass is 10.1. The maximum atomic E-state index is 11.2. The Morgan fingerprint density at radius 1 is 1.50 bits per heavy atom. The molecule has 0 heterocycles. The zero-order chi connectivity index (χ0) is 9.56. The van der Waals surface area contributed by atoms with E-state index in [1.54, 1.807) is 6.92 Å². The molecule has 3 nitrogen and oxygen atoms in total. The van der Waals surface area contributed by atoms with E-state index < -0.39 is 6.10 Å². The van der Waals surface area contributed by atoms with E-state index in [9.17, 15) is 4.79 Å². The molecule has 0 aliphatic carbocycles. The number of carbonyl (C=O) groups is 1. The summed E-state index contributed by atoms with van der Waals surface area (Å²) < 4.78 is 0. The molecule has 1 amide bonds.